The number of fused-ring (bicyclic) bond motifs is 1. The van der Waals surface area contributed by atoms with Crippen LogP contribution in [0, 0.1) is 0 Å². The van der Waals surface area contributed by atoms with Crippen molar-refractivity contribution in [1.82, 2.24) is 24.8 Å². The van der Waals surface area contributed by atoms with Gasteiger partial charge < -0.3 is 34.2 Å². The second-order valence-electron chi connectivity index (χ2n) is 9.46. The monoisotopic (exact) mass is 587 g/mol. The molecule has 0 aliphatic carbocycles. The van der Waals surface area contributed by atoms with E-state index in [-0.39, 0.29) is 28.6 Å². The van der Waals surface area contributed by atoms with E-state index in [0.29, 0.717) is 54.8 Å². The number of benzene rings is 1. The van der Waals surface area contributed by atoms with E-state index < -0.39 is 23.8 Å². The third-order valence-electron chi connectivity index (χ3n) is 6.77. The lowest BCUT2D eigenvalue weighted by Gasteiger charge is -2.34. The van der Waals surface area contributed by atoms with Crippen molar-refractivity contribution in [3.05, 3.63) is 47.5 Å². The van der Waals surface area contributed by atoms with Gasteiger partial charge in [0.1, 0.15) is 17.0 Å². The summed E-state index contributed by atoms with van der Waals surface area (Å²) in [6.45, 7) is 3.17. The predicted molar refractivity (Wildman–Crippen MR) is 145 cm³/mol. The van der Waals surface area contributed by atoms with Crippen LogP contribution in [0.5, 0.6) is 17.5 Å². The summed E-state index contributed by atoms with van der Waals surface area (Å²) < 4.78 is 61.8. The maximum Gasteiger partial charge on any atom is 0.433 e. The number of ether oxygens (including phenoxy) is 3. The molecular weight excluding hydrogens is 559 g/mol. The van der Waals surface area contributed by atoms with Gasteiger partial charge in [-0.3, -0.25) is 4.79 Å². The van der Waals surface area contributed by atoms with Crippen molar-refractivity contribution in [1.29, 1.82) is 0 Å². The molecule has 4 aromatic rings. The minimum atomic E-state index is -4.64. The highest BCUT2D eigenvalue weighted by atomic mass is 19.4. The first-order valence-corrected chi connectivity index (χ1v) is 12.9. The molecule has 0 bridgehead atoms. The summed E-state index contributed by atoms with van der Waals surface area (Å²) in [7, 11) is 4.33. The van der Waals surface area contributed by atoms with Crippen molar-refractivity contribution in [3.8, 4) is 29.0 Å². The molecule has 1 amide bonds. The number of rotatable bonds is 7. The molecule has 0 radical (unpaired) electrons. The zero-order chi connectivity index (χ0) is 30.2. The largest absolute Gasteiger partial charge is 0.494 e. The maximum atomic E-state index is 13.6. The van der Waals surface area contributed by atoms with E-state index in [0.717, 1.165) is 6.07 Å². The Bertz CT molecular complexity index is 1600. The van der Waals surface area contributed by atoms with Crippen molar-refractivity contribution in [2.75, 3.05) is 52.4 Å². The number of carbonyl (C=O) groups excluding carboxylic acids is 1. The molecule has 1 fully saturated rings. The summed E-state index contributed by atoms with van der Waals surface area (Å²) in [6, 6.07) is 6.07. The van der Waals surface area contributed by atoms with Crippen LogP contribution >= 0.6 is 0 Å². The number of nitrogens with two attached hydrogens (primary N) is 1. The Balaban J connectivity index is 1.44. The molecule has 12 nitrogen and oxygen atoms in total. The molecule has 4 heterocycles. The predicted octanol–water partition coefficient (Wildman–Crippen LogP) is 3.71. The van der Waals surface area contributed by atoms with Gasteiger partial charge in [0.05, 0.1) is 33.4 Å². The minimum Gasteiger partial charge on any atom is -0.494 e. The summed E-state index contributed by atoms with van der Waals surface area (Å²) in [6.07, 6.45) is -4.64. The number of oxazole rings is 1. The summed E-state index contributed by atoms with van der Waals surface area (Å²) in [5.41, 5.74) is 5.41. The Morgan fingerprint density at radius 2 is 1.62 bits per heavy atom. The quantitative estimate of drug-likeness (QED) is 0.338. The minimum absolute atomic E-state index is 0.0224. The van der Waals surface area contributed by atoms with Crippen LogP contribution in [0.1, 0.15) is 34.9 Å². The molecule has 1 saturated heterocycles. The van der Waals surface area contributed by atoms with Crippen molar-refractivity contribution in [3.63, 3.8) is 0 Å². The summed E-state index contributed by atoms with van der Waals surface area (Å²) >= 11 is 0. The smallest absolute Gasteiger partial charge is 0.433 e. The van der Waals surface area contributed by atoms with E-state index in [1.807, 2.05) is 4.90 Å². The van der Waals surface area contributed by atoms with Crippen molar-refractivity contribution >= 4 is 22.8 Å². The van der Waals surface area contributed by atoms with Crippen LogP contribution in [0.3, 0.4) is 0 Å². The SMILES string of the molecule is COc1cc(OC)nc(N2CCN(C(=O)c3nc(-c4ccc(OC)c5nc(C(F)(F)F)ccc45)oc3[C@H](C)N)CC2)n1. The first-order chi connectivity index (χ1) is 20.0. The average molecular weight is 588 g/mol. The van der Waals surface area contributed by atoms with Crippen LogP contribution in [0.2, 0.25) is 0 Å². The number of methoxy groups -OCH3 is 3. The van der Waals surface area contributed by atoms with Gasteiger partial charge in [-0.1, -0.05) is 0 Å². The standard InChI is InChI=1S/C27H28F3N7O5/c1-14(31)23-22(25(38)36-9-11-37(12-10-36)26-33-19(40-3)13-20(34-26)41-4)35-24(42-23)16-5-7-17(39-2)21-15(16)6-8-18(32-21)27(28,29)30/h5-8,13-14H,9-12,31H2,1-4H3/t14-/m0/s1. The maximum absolute atomic E-state index is 13.6. The number of nitrogens with zero attached hydrogens (tertiary/aromatic N) is 6. The topological polar surface area (TPSA) is 142 Å². The lowest BCUT2D eigenvalue weighted by molar-refractivity contribution is -0.140. The van der Waals surface area contributed by atoms with E-state index >= 15 is 0 Å². The molecule has 222 valence electrons. The van der Waals surface area contributed by atoms with E-state index in [4.69, 9.17) is 24.4 Å². The van der Waals surface area contributed by atoms with Crippen LogP contribution in [0.25, 0.3) is 22.4 Å². The molecule has 1 aromatic carbocycles. The molecule has 0 spiro atoms. The van der Waals surface area contributed by atoms with Gasteiger partial charge in [-0.15, -0.1) is 0 Å². The molecule has 15 heteroatoms. The van der Waals surface area contributed by atoms with Gasteiger partial charge in [0.15, 0.2) is 11.5 Å². The van der Waals surface area contributed by atoms with Crippen LogP contribution < -0.4 is 24.8 Å². The Hall–Kier alpha value is -4.66. The number of amides is 1. The number of anilines is 1. The van der Waals surface area contributed by atoms with Gasteiger partial charge in [0, 0.05) is 37.1 Å². The molecule has 1 atom stereocenters. The molecule has 2 N–H and O–H groups in total. The van der Waals surface area contributed by atoms with E-state index in [1.165, 1.54) is 33.5 Å². The highest BCUT2D eigenvalue weighted by molar-refractivity contribution is 5.98. The van der Waals surface area contributed by atoms with Gasteiger partial charge in [0.25, 0.3) is 5.91 Å². The first-order valence-electron chi connectivity index (χ1n) is 12.9. The number of aromatic nitrogens is 4. The van der Waals surface area contributed by atoms with Crippen LogP contribution in [0.15, 0.2) is 34.7 Å². The number of carbonyl (C=O) groups is 1. The molecule has 42 heavy (non-hydrogen) atoms. The Labute approximate surface area is 238 Å². The van der Waals surface area contributed by atoms with Gasteiger partial charge in [-0.05, 0) is 31.2 Å². The van der Waals surface area contributed by atoms with Gasteiger partial charge in [0.2, 0.25) is 23.6 Å². The fraction of sp³-hybridized carbons (Fsp3) is 0.370. The number of alkyl halides is 3. The number of hydrogen-bond acceptors (Lipinski definition) is 11. The second-order valence-corrected chi connectivity index (χ2v) is 9.46. The van der Waals surface area contributed by atoms with Gasteiger partial charge in [-0.2, -0.15) is 23.1 Å². The number of piperazine rings is 1. The summed E-state index contributed by atoms with van der Waals surface area (Å²) in [4.78, 5) is 34.2. The Morgan fingerprint density at radius 1 is 0.952 bits per heavy atom. The Kier molecular flexibility index (Phi) is 7.77. The fourth-order valence-electron chi connectivity index (χ4n) is 4.61. The third-order valence-corrected chi connectivity index (χ3v) is 6.77. The summed E-state index contributed by atoms with van der Waals surface area (Å²) in [5.74, 6) is 1.04. The number of halogens is 3. The van der Waals surface area contributed by atoms with Crippen molar-refractivity contribution < 1.29 is 36.6 Å². The molecule has 3 aromatic heterocycles. The van der Waals surface area contributed by atoms with Crippen LogP contribution in [-0.2, 0) is 6.18 Å². The van der Waals surface area contributed by atoms with Crippen LogP contribution in [0.4, 0.5) is 19.1 Å². The average Bonchev–Trinajstić information content (AvgIpc) is 3.45. The molecular formula is C27H28F3N7O5. The highest BCUT2D eigenvalue weighted by Crippen LogP contribution is 2.37. The van der Waals surface area contributed by atoms with E-state index in [2.05, 4.69) is 19.9 Å². The first kappa shape index (κ1) is 28.9. The molecule has 0 saturated carbocycles. The van der Waals surface area contributed by atoms with Crippen molar-refractivity contribution in [2.45, 2.75) is 19.1 Å². The summed E-state index contributed by atoms with van der Waals surface area (Å²) in [5, 5.41) is 0.307. The van der Waals surface area contributed by atoms with Gasteiger partial charge in [-0.25, -0.2) is 9.97 Å². The highest BCUT2D eigenvalue weighted by Gasteiger charge is 2.34. The fourth-order valence-corrected chi connectivity index (χ4v) is 4.61. The van der Waals surface area contributed by atoms with Gasteiger partial charge >= 0.3 is 6.18 Å². The van der Waals surface area contributed by atoms with Crippen molar-refractivity contribution in [2.24, 2.45) is 5.73 Å². The number of pyridine rings is 1. The van der Waals surface area contributed by atoms with E-state index in [1.54, 1.807) is 24.0 Å². The van der Waals surface area contributed by atoms with E-state index in [9.17, 15) is 18.0 Å². The van der Waals surface area contributed by atoms with Crippen LogP contribution in [-0.4, -0.2) is 78.3 Å². The molecule has 5 rings (SSSR count). The third kappa shape index (κ3) is 5.46. The molecule has 0 unspecified atom stereocenters. The zero-order valence-electron chi connectivity index (χ0n) is 23.2. The number of hydrogen-bond donors (Lipinski definition) is 1. The lowest BCUT2D eigenvalue weighted by atomic mass is 10.1. The normalized spacial score (nSPS) is 14.7. The Morgan fingerprint density at radius 3 is 2.19 bits per heavy atom. The molecule has 1 aliphatic heterocycles. The molecule has 1 aliphatic rings. The lowest BCUT2D eigenvalue weighted by Crippen LogP contribution is -2.49. The zero-order valence-corrected chi connectivity index (χ0v) is 23.2. The second kappa shape index (κ2) is 11.3.